The zero-order chi connectivity index (χ0) is 22.5. The standard InChI is InChI=1S/C19H23N3O7S/c1-5-16(19(23)20-13-9-10-17(28-2)18(11-13)29-3)21(30(4,26)27)14-7-6-8-15(12-14)22(24)25/h6-12,16H,5H2,1-4H3,(H,20,23)/t16-/m0/s1. The van der Waals surface area contributed by atoms with Gasteiger partial charge in [0.2, 0.25) is 15.9 Å². The van der Waals surface area contributed by atoms with E-state index >= 15 is 0 Å². The van der Waals surface area contributed by atoms with Crippen LogP contribution in [0.15, 0.2) is 42.5 Å². The highest BCUT2D eigenvalue weighted by atomic mass is 32.2. The molecule has 0 aliphatic heterocycles. The number of hydrogen-bond donors (Lipinski definition) is 1. The molecule has 1 N–H and O–H groups in total. The van der Waals surface area contributed by atoms with E-state index in [1.165, 1.54) is 32.4 Å². The van der Waals surface area contributed by atoms with E-state index in [2.05, 4.69) is 5.32 Å². The molecule has 0 unspecified atom stereocenters. The lowest BCUT2D eigenvalue weighted by Gasteiger charge is -2.30. The lowest BCUT2D eigenvalue weighted by atomic mass is 10.1. The number of carbonyl (C=O) groups excluding carboxylic acids is 1. The Morgan fingerprint density at radius 3 is 2.37 bits per heavy atom. The Morgan fingerprint density at radius 1 is 1.17 bits per heavy atom. The maximum atomic E-state index is 13.0. The van der Waals surface area contributed by atoms with Gasteiger partial charge in [0.25, 0.3) is 5.69 Å². The van der Waals surface area contributed by atoms with Crippen molar-refractivity contribution in [2.75, 3.05) is 30.1 Å². The van der Waals surface area contributed by atoms with Crippen LogP contribution >= 0.6 is 0 Å². The summed E-state index contributed by atoms with van der Waals surface area (Å²) < 4.78 is 36.2. The Morgan fingerprint density at radius 2 is 1.83 bits per heavy atom. The average molecular weight is 437 g/mol. The van der Waals surface area contributed by atoms with Crippen molar-refractivity contribution < 1.29 is 27.6 Å². The Kier molecular flexibility index (Phi) is 7.22. The molecule has 0 fully saturated rings. The minimum atomic E-state index is -3.93. The van der Waals surface area contributed by atoms with E-state index in [0.29, 0.717) is 17.2 Å². The van der Waals surface area contributed by atoms with Crippen LogP contribution in [0.1, 0.15) is 13.3 Å². The molecule has 1 amide bonds. The van der Waals surface area contributed by atoms with Crippen LogP contribution in [-0.2, 0) is 14.8 Å². The summed E-state index contributed by atoms with van der Waals surface area (Å²) in [7, 11) is -0.999. The molecule has 0 aromatic heterocycles. The summed E-state index contributed by atoms with van der Waals surface area (Å²) in [4.78, 5) is 23.4. The van der Waals surface area contributed by atoms with Crippen LogP contribution in [0.25, 0.3) is 0 Å². The first-order valence-corrected chi connectivity index (χ1v) is 10.7. The average Bonchev–Trinajstić information content (AvgIpc) is 2.70. The van der Waals surface area contributed by atoms with Gasteiger partial charge in [-0.3, -0.25) is 19.2 Å². The summed E-state index contributed by atoms with van der Waals surface area (Å²) in [5, 5.41) is 13.8. The van der Waals surface area contributed by atoms with Crippen LogP contribution in [0.5, 0.6) is 11.5 Å². The second kappa shape index (κ2) is 9.44. The van der Waals surface area contributed by atoms with Crippen molar-refractivity contribution in [1.82, 2.24) is 0 Å². The van der Waals surface area contributed by atoms with E-state index in [1.54, 1.807) is 25.1 Å². The van der Waals surface area contributed by atoms with Gasteiger partial charge in [-0.1, -0.05) is 13.0 Å². The quantitative estimate of drug-likeness (QED) is 0.472. The third-order valence-electron chi connectivity index (χ3n) is 4.28. The first-order chi connectivity index (χ1) is 14.1. The number of carbonyl (C=O) groups is 1. The normalized spacial score (nSPS) is 12.0. The van der Waals surface area contributed by atoms with Crippen LogP contribution in [0.4, 0.5) is 17.1 Å². The maximum absolute atomic E-state index is 13.0. The third-order valence-corrected chi connectivity index (χ3v) is 5.46. The van der Waals surface area contributed by atoms with Gasteiger partial charge in [-0.2, -0.15) is 0 Å². The summed E-state index contributed by atoms with van der Waals surface area (Å²) in [6.45, 7) is 1.65. The first kappa shape index (κ1) is 22.9. The van der Waals surface area contributed by atoms with Gasteiger partial charge < -0.3 is 14.8 Å². The zero-order valence-electron chi connectivity index (χ0n) is 17.0. The topological polar surface area (TPSA) is 128 Å². The van der Waals surface area contributed by atoms with Crippen molar-refractivity contribution in [2.45, 2.75) is 19.4 Å². The Balaban J connectivity index is 2.41. The third kappa shape index (κ3) is 5.17. The van der Waals surface area contributed by atoms with Gasteiger partial charge in [0.1, 0.15) is 6.04 Å². The van der Waals surface area contributed by atoms with Crippen molar-refractivity contribution in [1.29, 1.82) is 0 Å². The number of non-ortho nitro benzene ring substituents is 1. The minimum Gasteiger partial charge on any atom is -0.493 e. The molecule has 2 rings (SSSR count). The second-order valence-corrected chi connectivity index (χ2v) is 8.18. The molecule has 162 valence electrons. The smallest absolute Gasteiger partial charge is 0.271 e. The minimum absolute atomic E-state index is 0.0287. The lowest BCUT2D eigenvalue weighted by Crippen LogP contribution is -2.47. The molecule has 10 nitrogen and oxygen atoms in total. The summed E-state index contributed by atoms with van der Waals surface area (Å²) in [6, 6.07) is 8.73. The highest BCUT2D eigenvalue weighted by Gasteiger charge is 2.32. The zero-order valence-corrected chi connectivity index (χ0v) is 17.8. The maximum Gasteiger partial charge on any atom is 0.271 e. The number of nitrogens with one attached hydrogen (secondary N) is 1. The number of amides is 1. The highest BCUT2D eigenvalue weighted by Crippen LogP contribution is 2.31. The summed E-state index contributed by atoms with van der Waals surface area (Å²) in [5.74, 6) is 0.264. The summed E-state index contributed by atoms with van der Waals surface area (Å²) in [6.07, 6.45) is 1.08. The fraction of sp³-hybridized carbons (Fsp3) is 0.316. The van der Waals surface area contributed by atoms with Gasteiger partial charge in [0.05, 0.1) is 31.1 Å². The Bertz CT molecular complexity index is 1040. The second-order valence-electron chi connectivity index (χ2n) is 6.32. The number of ether oxygens (including phenoxy) is 2. The summed E-state index contributed by atoms with van der Waals surface area (Å²) in [5.41, 5.74) is 0.126. The Hall–Kier alpha value is -3.34. The van der Waals surface area contributed by atoms with Gasteiger partial charge >= 0.3 is 0 Å². The molecule has 30 heavy (non-hydrogen) atoms. The molecule has 0 spiro atoms. The van der Waals surface area contributed by atoms with Gasteiger partial charge in [-0.15, -0.1) is 0 Å². The van der Waals surface area contributed by atoms with Crippen molar-refractivity contribution in [3.8, 4) is 11.5 Å². The molecule has 1 atom stereocenters. The van der Waals surface area contributed by atoms with E-state index in [0.717, 1.165) is 16.6 Å². The fourth-order valence-electron chi connectivity index (χ4n) is 2.94. The number of nitrogens with zero attached hydrogens (tertiary/aromatic N) is 2. The van der Waals surface area contributed by atoms with E-state index in [-0.39, 0.29) is 17.8 Å². The largest absolute Gasteiger partial charge is 0.493 e. The molecule has 0 heterocycles. The molecule has 0 aliphatic rings. The number of sulfonamides is 1. The van der Waals surface area contributed by atoms with Crippen LogP contribution < -0.4 is 19.1 Å². The van der Waals surface area contributed by atoms with Crippen LogP contribution in [0.2, 0.25) is 0 Å². The lowest BCUT2D eigenvalue weighted by molar-refractivity contribution is -0.384. The number of nitro benzene ring substituents is 1. The molecule has 11 heteroatoms. The monoisotopic (exact) mass is 437 g/mol. The van der Waals surface area contributed by atoms with Crippen LogP contribution in [0.3, 0.4) is 0 Å². The van der Waals surface area contributed by atoms with Gasteiger partial charge in [0, 0.05) is 23.9 Å². The van der Waals surface area contributed by atoms with Crippen LogP contribution in [0, 0.1) is 10.1 Å². The van der Waals surface area contributed by atoms with Crippen molar-refractivity contribution in [2.24, 2.45) is 0 Å². The Labute approximate surface area is 174 Å². The fourth-order valence-corrected chi connectivity index (χ4v) is 4.15. The number of methoxy groups -OCH3 is 2. The van der Waals surface area contributed by atoms with E-state index in [4.69, 9.17) is 9.47 Å². The molecule has 0 bridgehead atoms. The molecule has 0 aliphatic carbocycles. The van der Waals surface area contributed by atoms with Crippen molar-refractivity contribution in [3.63, 3.8) is 0 Å². The molecular formula is C19H23N3O7S. The summed E-state index contributed by atoms with van der Waals surface area (Å²) >= 11 is 0. The molecule has 0 radical (unpaired) electrons. The van der Waals surface area contributed by atoms with E-state index in [9.17, 15) is 23.3 Å². The van der Waals surface area contributed by atoms with Gasteiger partial charge in [-0.05, 0) is 24.6 Å². The molecular weight excluding hydrogens is 414 g/mol. The number of hydrogen-bond acceptors (Lipinski definition) is 7. The predicted octanol–water partition coefficient (Wildman–Crippen LogP) is 2.80. The van der Waals surface area contributed by atoms with Gasteiger partial charge in [0.15, 0.2) is 11.5 Å². The highest BCUT2D eigenvalue weighted by molar-refractivity contribution is 7.92. The van der Waals surface area contributed by atoms with Crippen LogP contribution in [-0.4, -0.2) is 45.8 Å². The number of rotatable bonds is 9. The van der Waals surface area contributed by atoms with Crippen molar-refractivity contribution in [3.05, 3.63) is 52.6 Å². The number of anilines is 2. The molecule has 0 saturated carbocycles. The molecule has 2 aromatic carbocycles. The first-order valence-electron chi connectivity index (χ1n) is 8.89. The number of nitro groups is 1. The SMILES string of the molecule is CC[C@@H](C(=O)Nc1ccc(OC)c(OC)c1)N(c1cccc([N+](=O)[O-])c1)S(C)(=O)=O. The van der Waals surface area contributed by atoms with Crippen molar-refractivity contribution >= 4 is 33.0 Å². The number of benzene rings is 2. The molecule has 0 saturated heterocycles. The van der Waals surface area contributed by atoms with Gasteiger partial charge in [-0.25, -0.2) is 8.42 Å². The predicted molar refractivity (Wildman–Crippen MR) is 113 cm³/mol. The van der Waals surface area contributed by atoms with E-state index < -0.39 is 26.9 Å². The molecule has 2 aromatic rings. The van der Waals surface area contributed by atoms with E-state index in [1.807, 2.05) is 0 Å².